The summed E-state index contributed by atoms with van der Waals surface area (Å²) in [6.45, 7) is 2.38. The zero-order valence-electron chi connectivity index (χ0n) is 16.6. The van der Waals surface area contributed by atoms with E-state index in [1.165, 1.54) is 0 Å². The van der Waals surface area contributed by atoms with Crippen molar-refractivity contribution in [3.63, 3.8) is 0 Å². The van der Waals surface area contributed by atoms with Crippen LogP contribution in [-0.4, -0.2) is 15.9 Å². The summed E-state index contributed by atoms with van der Waals surface area (Å²) in [5, 5.41) is 1.02. The van der Waals surface area contributed by atoms with Crippen LogP contribution in [0.2, 0.25) is 10.0 Å². The van der Waals surface area contributed by atoms with Gasteiger partial charge >= 0.3 is 0 Å². The topological polar surface area (TPSA) is 90.2 Å². The SMILES string of the molecule is C.Cc1ccc2nc(COc3ccc(C(N)=O)cc3OCc3ccc(Cl)cc3Cl)[nH]c2c1. The Balaban J connectivity index is 0.00000289. The highest BCUT2D eigenvalue weighted by molar-refractivity contribution is 6.35. The standard InChI is InChI=1S/C23H19Cl2N3O3.CH4/c1-13-2-6-18-19(8-13)28-22(27-18)12-31-20-7-4-14(23(26)29)9-21(20)30-11-15-3-5-16(24)10-17(15)25;/h2-10H,11-12H2,1H3,(H2,26,29)(H,27,28);1H4. The molecular formula is C24H23Cl2N3O3. The van der Waals surface area contributed by atoms with Gasteiger partial charge in [-0.05, 0) is 55.0 Å². The molecule has 3 N–H and O–H groups in total. The van der Waals surface area contributed by atoms with Crippen molar-refractivity contribution in [1.29, 1.82) is 0 Å². The molecule has 0 aliphatic carbocycles. The number of fused-ring (bicyclic) bond motifs is 1. The highest BCUT2D eigenvalue weighted by Gasteiger charge is 2.13. The summed E-state index contributed by atoms with van der Waals surface area (Å²) in [6, 6.07) is 15.9. The van der Waals surface area contributed by atoms with Gasteiger partial charge in [0.25, 0.3) is 0 Å². The number of hydrogen-bond donors (Lipinski definition) is 2. The fourth-order valence-corrected chi connectivity index (χ4v) is 3.54. The third-order valence-electron chi connectivity index (χ3n) is 4.68. The van der Waals surface area contributed by atoms with Crippen molar-refractivity contribution in [2.75, 3.05) is 0 Å². The fraction of sp³-hybridized carbons (Fsp3) is 0.167. The molecule has 0 radical (unpaired) electrons. The number of benzene rings is 3. The lowest BCUT2D eigenvalue weighted by molar-refractivity contribution is 0.0999. The van der Waals surface area contributed by atoms with Crippen molar-refractivity contribution in [1.82, 2.24) is 9.97 Å². The molecule has 0 saturated carbocycles. The molecule has 0 fully saturated rings. The molecule has 0 aliphatic rings. The molecule has 6 nitrogen and oxygen atoms in total. The predicted octanol–water partition coefficient (Wildman–Crippen LogP) is 6.07. The zero-order valence-corrected chi connectivity index (χ0v) is 18.1. The average molecular weight is 472 g/mol. The van der Waals surface area contributed by atoms with Crippen molar-refractivity contribution in [2.45, 2.75) is 27.6 Å². The van der Waals surface area contributed by atoms with Gasteiger partial charge in [0.15, 0.2) is 11.5 Å². The first kappa shape index (κ1) is 23.4. The number of aromatic amines is 1. The van der Waals surface area contributed by atoms with Crippen molar-refractivity contribution in [3.8, 4) is 11.5 Å². The minimum atomic E-state index is -0.562. The van der Waals surface area contributed by atoms with E-state index in [2.05, 4.69) is 9.97 Å². The van der Waals surface area contributed by atoms with E-state index in [9.17, 15) is 4.79 Å². The Morgan fingerprint density at radius 1 is 1.00 bits per heavy atom. The first-order valence-electron chi connectivity index (χ1n) is 9.47. The molecule has 4 aromatic rings. The molecule has 0 atom stereocenters. The van der Waals surface area contributed by atoms with Crippen LogP contribution >= 0.6 is 23.2 Å². The lowest BCUT2D eigenvalue weighted by atomic mass is 10.2. The van der Waals surface area contributed by atoms with Crippen LogP contribution in [0.4, 0.5) is 0 Å². The van der Waals surface area contributed by atoms with E-state index in [0.29, 0.717) is 32.9 Å². The summed E-state index contributed by atoms with van der Waals surface area (Å²) >= 11 is 12.2. The maximum Gasteiger partial charge on any atom is 0.248 e. The summed E-state index contributed by atoms with van der Waals surface area (Å²) in [5.74, 6) is 0.931. The molecular weight excluding hydrogens is 449 g/mol. The summed E-state index contributed by atoms with van der Waals surface area (Å²) in [7, 11) is 0. The minimum absolute atomic E-state index is 0. The number of aryl methyl sites for hydroxylation is 1. The number of aromatic nitrogens is 2. The van der Waals surface area contributed by atoms with Gasteiger partial charge in [-0.2, -0.15) is 0 Å². The van der Waals surface area contributed by atoms with E-state index in [1.807, 2.05) is 25.1 Å². The number of ether oxygens (including phenoxy) is 2. The maximum absolute atomic E-state index is 11.6. The van der Waals surface area contributed by atoms with Gasteiger partial charge in [-0.25, -0.2) is 4.98 Å². The first-order valence-corrected chi connectivity index (χ1v) is 10.2. The fourth-order valence-electron chi connectivity index (χ4n) is 3.08. The molecule has 8 heteroatoms. The number of imidazole rings is 1. The van der Waals surface area contributed by atoms with Gasteiger partial charge in [0.1, 0.15) is 19.0 Å². The number of carbonyl (C=O) groups excluding carboxylic acids is 1. The highest BCUT2D eigenvalue weighted by Crippen LogP contribution is 2.31. The number of rotatable bonds is 7. The van der Waals surface area contributed by atoms with Crippen LogP contribution in [0.3, 0.4) is 0 Å². The summed E-state index contributed by atoms with van der Waals surface area (Å²) < 4.78 is 11.8. The van der Waals surface area contributed by atoms with Gasteiger partial charge in [0.2, 0.25) is 5.91 Å². The molecule has 1 amide bonds. The van der Waals surface area contributed by atoms with Gasteiger partial charge in [0, 0.05) is 21.2 Å². The summed E-state index contributed by atoms with van der Waals surface area (Å²) in [4.78, 5) is 19.4. The average Bonchev–Trinajstić information content (AvgIpc) is 3.13. The molecule has 166 valence electrons. The zero-order chi connectivity index (χ0) is 22.0. The maximum atomic E-state index is 11.6. The van der Waals surface area contributed by atoms with Crippen LogP contribution in [0.1, 0.15) is 34.7 Å². The second-order valence-electron chi connectivity index (χ2n) is 7.04. The normalized spacial score (nSPS) is 10.6. The van der Waals surface area contributed by atoms with Crippen LogP contribution in [0.25, 0.3) is 11.0 Å². The van der Waals surface area contributed by atoms with Crippen LogP contribution in [0.5, 0.6) is 11.5 Å². The van der Waals surface area contributed by atoms with Gasteiger partial charge < -0.3 is 20.2 Å². The second-order valence-corrected chi connectivity index (χ2v) is 7.89. The third-order valence-corrected chi connectivity index (χ3v) is 5.26. The van der Waals surface area contributed by atoms with E-state index < -0.39 is 5.91 Å². The predicted molar refractivity (Wildman–Crippen MR) is 128 cm³/mol. The highest BCUT2D eigenvalue weighted by atomic mass is 35.5. The summed E-state index contributed by atoms with van der Waals surface area (Å²) in [6.07, 6.45) is 0. The van der Waals surface area contributed by atoms with Gasteiger partial charge in [-0.3, -0.25) is 4.79 Å². The molecule has 32 heavy (non-hydrogen) atoms. The molecule has 1 heterocycles. The summed E-state index contributed by atoms with van der Waals surface area (Å²) in [5.41, 5.74) is 9.41. The van der Waals surface area contributed by atoms with Crippen LogP contribution in [-0.2, 0) is 13.2 Å². The molecule has 0 aliphatic heterocycles. The molecule has 0 unspecified atom stereocenters. The Kier molecular flexibility index (Phi) is 7.28. The lowest BCUT2D eigenvalue weighted by Gasteiger charge is -2.14. The van der Waals surface area contributed by atoms with Crippen molar-refractivity contribution < 1.29 is 14.3 Å². The Hall–Kier alpha value is -3.22. The van der Waals surface area contributed by atoms with Crippen molar-refractivity contribution >= 4 is 40.1 Å². The van der Waals surface area contributed by atoms with E-state index in [0.717, 1.165) is 22.2 Å². The van der Waals surface area contributed by atoms with Crippen LogP contribution < -0.4 is 15.2 Å². The molecule has 0 saturated heterocycles. The number of halogens is 2. The van der Waals surface area contributed by atoms with Gasteiger partial charge in [-0.15, -0.1) is 0 Å². The Morgan fingerprint density at radius 3 is 2.53 bits per heavy atom. The molecule has 0 bridgehead atoms. The molecule has 1 aromatic heterocycles. The van der Waals surface area contributed by atoms with E-state index in [-0.39, 0.29) is 20.6 Å². The number of H-pyrrole nitrogens is 1. The Bertz CT molecular complexity index is 1270. The molecule has 0 spiro atoms. The Morgan fingerprint density at radius 2 is 1.78 bits per heavy atom. The Labute approximate surface area is 196 Å². The number of nitrogens with zero attached hydrogens (tertiary/aromatic N) is 1. The molecule has 4 rings (SSSR count). The number of amides is 1. The van der Waals surface area contributed by atoms with Crippen molar-refractivity contribution in [2.24, 2.45) is 5.73 Å². The van der Waals surface area contributed by atoms with E-state index in [1.54, 1.807) is 36.4 Å². The third kappa shape index (κ3) is 5.33. The van der Waals surface area contributed by atoms with E-state index in [4.69, 9.17) is 38.4 Å². The van der Waals surface area contributed by atoms with E-state index >= 15 is 0 Å². The monoisotopic (exact) mass is 471 g/mol. The van der Waals surface area contributed by atoms with Crippen molar-refractivity contribution in [3.05, 3.63) is 87.2 Å². The molecule has 3 aromatic carbocycles. The lowest BCUT2D eigenvalue weighted by Crippen LogP contribution is -2.11. The quantitative estimate of drug-likeness (QED) is 0.342. The number of nitrogens with one attached hydrogen (secondary N) is 1. The van der Waals surface area contributed by atoms with Gasteiger partial charge in [-0.1, -0.05) is 42.8 Å². The van der Waals surface area contributed by atoms with Crippen LogP contribution in [0.15, 0.2) is 54.6 Å². The largest absolute Gasteiger partial charge is 0.485 e. The number of hydrogen-bond acceptors (Lipinski definition) is 4. The minimum Gasteiger partial charge on any atom is -0.485 e. The number of carbonyl (C=O) groups is 1. The van der Waals surface area contributed by atoms with Gasteiger partial charge in [0.05, 0.1) is 11.0 Å². The second kappa shape index (κ2) is 9.94. The first-order chi connectivity index (χ1) is 14.9. The number of primary amides is 1. The number of nitrogens with two attached hydrogens (primary N) is 1. The smallest absolute Gasteiger partial charge is 0.248 e. The van der Waals surface area contributed by atoms with Crippen LogP contribution in [0, 0.1) is 6.92 Å².